The maximum atomic E-state index is 12.7. The Morgan fingerprint density at radius 2 is 1.91 bits per heavy atom. The first-order valence-electron chi connectivity index (χ1n) is 11.1. The number of hydrogen-bond acceptors (Lipinski definition) is 3. The van der Waals surface area contributed by atoms with Gasteiger partial charge in [-0.15, -0.1) is 0 Å². The van der Waals surface area contributed by atoms with Gasteiger partial charge in [0.2, 0.25) is 0 Å². The minimum atomic E-state index is -0.127. The number of nitrogens with two attached hydrogens (primary N) is 1. The fourth-order valence-corrected chi connectivity index (χ4v) is 4.78. The van der Waals surface area contributed by atoms with Crippen LogP contribution in [0.3, 0.4) is 0 Å². The van der Waals surface area contributed by atoms with Crippen LogP contribution in [0.5, 0.6) is 0 Å². The van der Waals surface area contributed by atoms with Gasteiger partial charge in [0.25, 0.3) is 5.91 Å². The van der Waals surface area contributed by atoms with E-state index in [1.165, 1.54) is 27.6 Å². The van der Waals surface area contributed by atoms with Crippen molar-refractivity contribution in [1.29, 1.82) is 0 Å². The van der Waals surface area contributed by atoms with Gasteiger partial charge in [-0.05, 0) is 72.8 Å². The van der Waals surface area contributed by atoms with Gasteiger partial charge in [-0.1, -0.05) is 36.4 Å². The molecule has 0 bridgehead atoms. The molecule has 0 saturated heterocycles. The fourth-order valence-electron chi connectivity index (χ4n) is 4.78. The molecule has 1 aliphatic carbocycles. The Balaban J connectivity index is 1.23. The van der Waals surface area contributed by atoms with E-state index < -0.39 is 0 Å². The first kappa shape index (κ1) is 20.3. The summed E-state index contributed by atoms with van der Waals surface area (Å²) >= 11 is 0. The number of benzene rings is 3. The second-order valence-corrected chi connectivity index (χ2v) is 8.53. The van der Waals surface area contributed by atoms with Crippen molar-refractivity contribution in [3.05, 3.63) is 95.2 Å². The van der Waals surface area contributed by atoms with Crippen LogP contribution in [0.25, 0.3) is 10.9 Å². The van der Waals surface area contributed by atoms with Crippen molar-refractivity contribution < 1.29 is 4.79 Å². The Labute approximate surface area is 188 Å². The van der Waals surface area contributed by atoms with E-state index in [-0.39, 0.29) is 5.91 Å². The SMILES string of the molecule is Cn1cc(CCNC2CCc3cc(C(=O)Nc4ccccc4N)ccc32)c2ccccc21. The lowest BCUT2D eigenvalue weighted by atomic mass is 10.0. The average Bonchev–Trinajstić information content (AvgIpc) is 3.36. The summed E-state index contributed by atoms with van der Waals surface area (Å²) in [5, 5.41) is 7.98. The first-order chi connectivity index (χ1) is 15.6. The molecule has 0 saturated carbocycles. The zero-order valence-electron chi connectivity index (χ0n) is 18.3. The monoisotopic (exact) mass is 424 g/mol. The summed E-state index contributed by atoms with van der Waals surface area (Å²) in [7, 11) is 2.10. The van der Waals surface area contributed by atoms with E-state index in [2.05, 4.69) is 58.8 Å². The van der Waals surface area contributed by atoms with Gasteiger partial charge in [0.15, 0.2) is 0 Å². The Morgan fingerprint density at radius 3 is 2.78 bits per heavy atom. The highest BCUT2D eigenvalue weighted by molar-refractivity contribution is 6.05. The average molecular weight is 425 g/mol. The molecule has 4 aromatic rings. The topological polar surface area (TPSA) is 72.1 Å². The molecular weight excluding hydrogens is 396 g/mol. The van der Waals surface area contributed by atoms with E-state index >= 15 is 0 Å². The number of amides is 1. The van der Waals surface area contributed by atoms with Gasteiger partial charge < -0.3 is 20.9 Å². The summed E-state index contributed by atoms with van der Waals surface area (Å²) in [6.45, 7) is 0.924. The second-order valence-electron chi connectivity index (χ2n) is 8.53. The van der Waals surface area contributed by atoms with Crippen molar-refractivity contribution in [1.82, 2.24) is 9.88 Å². The van der Waals surface area contributed by atoms with E-state index in [9.17, 15) is 4.79 Å². The zero-order chi connectivity index (χ0) is 22.1. The van der Waals surface area contributed by atoms with Crippen molar-refractivity contribution in [2.75, 3.05) is 17.6 Å². The number of carbonyl (C=O) groups excluding carboxylic acids is 1. The number of para-hydroxylation sites is 3. The molecule has 4 N–H and O–H groups in total. The number of nitrogens with one attached hydrogen (secondary N) is 2. The quantitative estimate of drug-likeness (QED) is 0.388. The molecule has 32 heavy (non-hydrogen) atoms. The smallest absolute Gasteiger partial charge is 0.255 e. The number of aryl methyl sites for hydroxylation is 2. The summed E-state index contributed by atoms with van der Waals surface area (Å²) in [6.07, 6.45) is 5.27. The van der Waals surface area contributed by atoms with Gasteiger partial charge in [-0.2, -0.15) is 0 Å². The number of carbonyl (C=O) groups is 1. The lowest BCUT2D eigenvalue weighted by molar-refractivity contribution is 0.102. The second kappa shape index (κ2) is 8.52. The predicted molar refractivity (Wildman–Crippen MR) is 131 cm³/mol. The molecule has 5 heteroatoms. The van der Waals surface area contributed by atoms with Crippen LogP contribution in [0.15, 0.2) is 72.9 Å². The van der Waals surface area contributed by atoms with Crippen LogP contribution in [0.1, 0.15) is 39.5 Å². The van der Waals surface area contributed by atoms with Crippen molar-refractivity contribution in [3.63, 3.8) is 0 Å². The van der Waals surface area contributed by atoms with Crippen LogP contribution in [-0.4, -0.2) is 17.0 Å². The minimum Gasteiger partial charge on any atom is -0.397 e. The number of hydrogen-bond donors (Lipinski definition) is 3. The molecule has 0 fully saturated rings. The number of rotatable bonds is 6. The van der Waals surface area contributed by atoms with Crippen LogP contribution in [0.2, 0.25) is 0 Å². The third kappa shape index (κ3) is 3.87. The summed E-state index contributed by atoms with van der Waals surface area (Å²) in [4.78, 5) is 12.7. The molecule has 1 unspecified atom stereocenters. The zero-order valence-corrected chi connectivity index (χ0v) is 18.3. The highest BCUT2D eigenvalue weighted by Crippen LogP contribution is 2.32. The van der Waals surface area contributed by atoms with Crippen molar-refractivity contribution in [3.8, 4) is 0 Å². The lowest BCUT2D eigenvalue weighted by Gasteiger charge is -2.14. The normalized spacial score (nSPS) is 15.1. The number of nitrogens with zero attached hydrogens (tertiary/aromatic N) is 1. The van der Waals surface area contributed by atoms with E-state index in [1.54, 1.807) is 6.07 Å². The van der Waals surface area contributed by atoms with Gasteiger partial charge >= 0.3 is 0 Å². The number of aromatic nitrogens is 1. The summed E-state index contributed by atoms with van der Waals surface area (Å²) < 4.78 is 2.20. The van der Waals surface area contributed by atoms with Gasteiger partial charge in [-0.25, -0.2) is 0 Å². The number of nitrogen functional groups attached to an aromatic ring is 1. The van der Waals surface area contributed by atoms with Gasteiger partial charge in [0, 0.05) is 35.8 Å². The fraction of sp³-hybridized carbons (Fsp3) is 0.222. The molecule has 1 aromatic heterocycles. The van der Waals surface area contributed by atoms with Crippen LogP contribution < -0.4 is 16.4 Å². The highest BCUT2D eigenvalue weighted by Gasteiger charge is 2.23. The molecule has 5 nitrogen and oxygen atoms in total. The van der Waals surface area contributed by atoms with E-state index in [0.29, 0.717) is 23.0 Å². The lowest BCUT2D eigenvalue weighted by Crippen LogP contribution is -2.22. The van der Waals surface area contributed by atoms with E-state index in [1.807, 2.05) is 30.3 Å². The Bertz CT molecular complexity index is 1290. The largest absolute Gasteiger partial charge is 0.397 e. The highest BCUT2D eigenvalue weighted by atomic mass is 16.1. The Morgan fingerprint density at radius 1 is 1.09 bits per heavy atom. The molecule has 0 spiro atoms. The minimum absolute atomic E-state index is 0.127. The number of fused-ring (bicyclic) bond motifs is 2. The summed E-state index contributed by atoms with van der Waals surface area (Å²) in [5.41, 5.74) is 13.0. The molecule has 1 amide bonds. The molecule has 1 heterocycles. The molecule has 0 aliphatic heterocycles. The van der Waals surface area contributed by atoms with Gasteiger partial charge in [0.1, 0.15) is 0 Å². The summed E-state index contributed by atoms with van der Waals surface area (Å²) in [6, 6.07) is 22.2. The third-order valence-corrected chi connectivity index (χ3v) is 6.46. The first-order valence-corrected chi connectivity index (χ1v) is 11.1. The van der Waals surface area contributed by atoms with Crippen molar-refractivity contribution >= 4 is 28.2 Å². The number of anilines is 2. The molecule has 162 valence electrons. The van der Waals surface area contributed by atoms with Crippen molar-refractivity contribution in [2.24, 2.45) is 7.05 Å². The van der Waals surface area contributed by atoms with E-state index in [0.717, 1.165) is 25.8 Å². The van der Waals surface area contributed by atoms with Crippen molar-refractivity contribution in [2.45, 2.75) is 25.3 Å². The molecule has 0 radical (unpaired) electrons. The predicted octanol–water partition coefficient (Wildman–Crippen LogP) is 4.83. The van der Waals surface area contributed by atoms with Crippen LogP contribution in [0, 0.1) is 0 Å². The molecule has 1 aliphatic rings. The van der Waals surface area contributed by atoms with Crippen LogP contribution in [0.4, 0.5) is 11.4 Å². The Hall–Kier alpha value is -3.57. The summed E-state index contributed by atoms with van der Waals surface area (Å²) in [5.74, 6) is -0.127. The molecule has 1 atom stereocenters. The molecule has 5 rings (SSSR count). The molecular formula is C27H28N4O. The van der Waals surface area contributed by atoms with E-state index in [4.69, 9.17) is 5.73 Å². The maximum Gasteiger partial charge on any atom is 0.255 e. The van der Waals surface area contributed by atoms with Gasteiger partial charge in [-0.3, -0.25) is 4.79 Å². The van der Waals surface area contributed by atoms with Gasteiger partial charge in [0.05, 0.1) is 11.4 Å². The maximum absolute atomic E-state index is 12.7. The van der Waals surface area contributed by atoms with Crippen LogP contribution in [-0.2, 0) is 19.9 Å². The standard InChI is InChI=1S/C27H28N4O/c1-31-17-20(22-6-2-5-9-26(22)31)14-15-29-24-13-11-18-16-19(10-12-21(18)24)27(32)30-25-8-4-3-7-23(25)28/h2-10,12,16-17,24,29H,11,13-15,28H2,1H3,(H,30,32). The third-order valence-electron chi connectivity index (χ3n) is 6.46. The Kier molecular flexibility index (Phi) is 5.41. The van der Waals surface area contributed by atoms with Crippen LogP contribution >= 0.6 is 0 Å². The molecule has 3 aromatic carbocycles.